The topological polar surface area (TPSA) is 44.1 Å². The molecule has 2 aromatic rings. The van der Waals surface area contributed by atoms with E-state index in [1.807, 2.05) is 47.4 Å². The van der Waals surface area contributed by atoms with Crippen LogP contribution in [0.3, 0.4) is 0 Å². The van der Waals surface area contributed by atoms with Crippen LogP contribution < -0.4 is 0 Å². The van der Waals surface area contributed by atoms with Crippen LogP contribution in [0.2, 0.25) is 0 Å². The van der Waals surface area contributed by atoms with Crippen LogP contribution in [-0.4, -0.2) is 10.8 Å². The molecule has 0 saturated heterocycles. The van der Waals surface area contributed by atoms with Gasteiger partial charge in [0.2, 0.25) is 0 Å². The number of nitriles is 1. The molecule has 25 heavy (non-hydrogen) atoms. The van der Waals surface area contributed by atoms with Gasteiger partial charge in [-0.05, 0) is 53.7 Å². The fourth-order valence-electron chi connectivity index (χ4n) is 3.65. The quantitative estimate of drug-likeness (QED) is 0.838. The molecular formula is C22H18N2O. The minimum absolute atomic E-state index is 0.0712. The molecule has 3 heteroatoms. The van der Waals surface area contributed by atoms with Crippen LogP contribution in [0, 0.1) is 11.3 Å². The number of amides is 1. The average Bonchev–Trinajstić information content (AvgIpc) is 2.98. The van der Waals surface area contributed by atoms with Crippen molar-refractivity contribution in [3.05, 3.63) is 88.6 Å². The molecule has 0 bridgehead atoms. The molecule has 1 amide bonds. The summed E-state index contributed by atoms with van der Waals surface area (Å²) in [6.45, 7) is 0.592. The lowest BCUT2D eigenvalue weighted by molar-refractivity contribution is -0.123. The maximum absolute atomic E-state index is 12.6. The molecular weight excluding hydrogens is 308 g/mol. The number of allylic oxidation sites excluding steroid dienone is 2. The normalized spacial score (nSPS) is 16.5. The summed E-state index contributed by atoms with van der Waals surface area (Å²) in [5, 5.41) is 9.01. The van der Waals surface area contributed by atoms with Crippen LogP contribution in [0.25, 0.3) is 5.57 Å². The lowest BCUT2D eigenvalue weighted by atomic mass is 9.88. The van der Waals surface area contributed by atoms with Gasteiger partial charge in [-0.1, -0.05) is 42.5 Å². The summed E-state index contributed by atoms with van der Waals surface area (Å²) in [5.41, 5.74) is 6.32. The van der Waals surface area contributed by atoms with E-state index >= 15 is 0 Å². The van der Waals surface area contributed by atoms with E-state index in [1.54, 1.807) is 6.08 Å². The van der Waals surface area contributed by atoms with Gasteiger partial charge >= 0.3 is 0 Å². The summed E-state index contributed by atoms with van der Waals surface area (Å²) in [5.74, 6) is 0.0712. The third-order valence-corrected chi connectivity index (χ3v) is 4.84. The molecule has 2 aliphatic rings. The number of hydrogen-bond donors (Lipinski definition) is 0. The summed E-state index contributed by atoms with van der Waals surface area (Å²) in [6.07, 6.45) is 4.75. The Morgan fingerprint density at radius 2 is 1.76 bits per heavy atom. The molecule has 0 aromatic heterocycles. The second-order valence-electron chi connectivity index (χ2n) is 6.45. The summed E-state index contributed by atoms with van der Waals surface area (Å²) >= 11 is 0. The SMILES string of the molecule is N#Cc1ccc(C2=C3C(=CC(=O)N3Cc3ccccc3)CCC2)cc1. The highest BCUT2D eigenvalue weighted by Crippen LogP contribution is 2.41. The van der Waals surface area contributed by atoms with Crippen molar-refractivity contribution in [1.29, 1.82) is 5.26 Å². The molecule has 0 spiro atoms. The Morgan fingerprint density at radius 1 is 1.00 bits per heavy atom. The maximum atomic E-state index is 12.6. The molecule has 2 aromatic carbocycles. The lowest BCUT2D eigenvalue weighted by Crippen LogP contribution is -2.25. The van der Waals surface area contributed by atoms with Crippen LogP contribution in [0.15, 0.2) is 71.9 Å². The second kappa shape index (κ2) is 6.41. The molecule has 122 valence electrons. The predicted molar refractivity (Wildman–Crippen MR) is 97.0 cm³/mol. The number of nitrogens with zero attached hydrogens (tertiary/aromatic N) is 2. The number of hydrogen-bond acceptors (Lipinski definition) is 2. The van der Waals surface area contributed by atoms with Gasteiger partial charge in [0.05, 0.1) is 23.9 Å². The monoisotopic (exact) mass is 326 g/mol. The van der Waals surface area contributed by atoms with Gasteiger partial charge in [0, 0.05) is 6.08 Å². The zero-order valence-corrected chi connectivity index (χ0v) is 13.9. The van der Waals surface area contributed by atoms with Gasteiger partial charge in [-0.15, -0.1) is 0 Å². The minimum Gasteiger partial charge on any atom is -0.304 e. The van der Waals surface area contributed by atoms with Crippen molar-refractivity contribution in [1.82, 2.24) is 4.90 Å². The second-order valence-corrected chi connectivity index (χ2v) is 6.45. The molecule has 0 radical (unpaired) electrons. The minimum atomic E-state index is 0.0712. The van der Waals surface area contributed by atoms with E-state index in [4.69, 9.17) is 5.26 Å². The van der Waals surface area contributed by atoms with E-state index in [0.29, 0.717) is 12.1 Å². The number of rotatable bonds is 3. The summed E-state index contributed by atoms with van der Waals surface area (Å²) in [4.78, 5) is 14.5. The largest absolute Gasteiger partial charge is 0.304 e. The highest BCUT2D eigenvalue weighted by Gasteiger charge is 2.32. The van der Waals surface area contributed by atoms with E-state index in [2.05, 4.69) is 18.2 Å². The standard InChI is InChI=1S/C22H18N2O/c23-14-16-9-11-18(12-10-16)20-8-4-7-19-13-21(25)24(22(19)20)15-17-5-2-1-3-6-17/h1-3,5-6,9-13H,4,7-8,15H2. The Hall–Kier alpha value is -3.12. The van der Waals surface area contributed by atoms with Crippen LogP contribution in [0.5, 0.6) is 0 Å². The predicted octanol–water partition coefficient (Wildman–Crippen LogP) is 4.42. The third-order valence-electron chi connectivity index (χ3n) is 4.84. The van der Waals surface area contributed by atoms with Crippen molar-refractivity contribution in [2.75, 3.05) is 0 Å². The fourth-order valence-corrected chi connectivity index (χ4v) is 3.65. The molecule has 0 fully saturated rings. The molecule has 3 nitrogen and oxygen atoms in total. The van der Waals surface area contributed by atoms with Crippen LogP contribution >= 0.6 is 0 Å². The number of carbonyl (C=O) groups excluding carboxylic acids is 1. The highest BCUT2D eigenvalue weighted by atomic mass is 16.2. The van der Waals surface area contributed by atoms with Crippen molar-refractivity contribution < 1.29 is 4.79 Å². The lowest BCUT2D eigenvalue weighted by Gasteiger charge is -2.27. The average molecular weight is 326 g/mol. The van der Waals surface area contributed by atoms with Crippen LogP contribution in [0.4, 0.5) is 0 Å². The molecule has 4 rings (SSSR count). The zero-order valence-electron chi connectivity index (χ0n) is 13.9. The number of fused-ring (bicyclic) bond motifs is 1. The molecule has 0 unspecified atom stereocenters. The van der Waals surface area contributed by atoms with Gasteiger partial charge in [0.15, 0.2) is 0 Å². The Balaban J connectivity index is 1.76. The van der Waals surface area contributed by atoms with E-state index in [9.17, 15) is 4.79 Å². The first kappa shape index (κ1) is 15.4. The highest BCUT2D eigenvalue weighted by molar-refractivity contribution is 5.98. The molecule has 0 saturated carbocycles. The molecule has 0 atom stereocenters. The summed E-state index contributed by atoms with van der Waals surface area (Å²) < 4.78 is 0. The van der Waals surface area contributed by atoms with Crippen LogP contribution in [0.1, 0.15) is 36.0 Å². The van der Waals surface area contributed by atoms with E-state index in [-0.39, 0.29) is 5.91 Å². The van der Waals surface area contributed by atoms with E-state index in [0.717, 1.165) is 41.7 Å². The summed E-state index contributed by atoms with van der Waals surface area (Å²) in [6, 6.07) is 19.9. The van der Waals surface area contributed by atoms with Gasteiger partial charge in [-0.3, -0.25) is 4.79 Å². The first-order valence-electron chi connectivity index (χ1n) is 8.56. The van der Waals surface area contributed by atoms with E-state index < -0.39 is 0 Å². The summed E-state index contributed by atoms with van der Waals surface area (Å²) in [7, 11) is 0. The number of carbonyl (C=O) groups is 1. The van der Waals surface area contributed by atoms with Gasteiger partial charge < -0.3 is 4.90 Å². The molecule has 1 aliphatic heterocycles. The Labute approximate surface area is 147 Å². The van der Waals surface area contributed by atoms with Gasteiger partial charge in [-0.2, -0.15) is 5.26 Å². The smallest absolute Gasteiger partial charge is 0.251 e. The molecule has 1 heterocycles. The third kappa shape index (κ3) is 2.88. The Kier molecular flexibility index (Phi) is 3.95. The Bertz CT molecular complexity index is 915. The van der Waals surface area contributed by atoms with Crippen molar-refractivity contribution in [2.45, 2.75) is 25.8 Å². The first-order chi connectivity index (χ1) is 12.3. The number of benzene rings is 2. The zero-order chi connectivity index (χ0) is 17.2. The van der Waals surface area contributed by atoms with Crippen LogP contribution in [-0.2, 0) is 11.3 Å². The van der Waals surface area contributed by atoms with Crippen molar-refractivity contribution in [3.8, 4) is 6.07 Å². The first-order valence-corrected chi connectivity index (χ1v) is 8.56. The van der Waals surface area contributed by atoms with Crippen molar-refractivity contribution in [3.63, 3.8) is 0 Å². The molecule has 1 aliphatic carbocycles. The van der Waals surface area contributed by atoms with Gasteiger partial charge in [0.25, 0.3) is 5.91 Å². The van der Waals surface area contributed by atoms with Gasteiger partial charge in [0.1, 0.15) is 0 Å². The maximum Gasteiger partial charge on any atom is 0.251 e. The Morgan fingerprint density at radius 3 is 2.48 bits per heavy atom. The molecule has 0 N–H and O–H groups in total. The van der Waals surface area contributed by atoms with Crippen molar-refractivity contribution in [2.24, 2.45) is 0 Å². The van der Waals surface area contributed by atoms with Crippen molar-refractivity contribution >= 4 is 11.5 Å². The fraction of sp³-hybridized carbons (Fsp3) is 0.182. The van der Waals surface area contributed by atoms with Gasteiger partial charge in [-0.25, -0.2) is 0 Å². The van der Waals surface area contributed by atoms with E-state index in [1.165, 1.54) is 5.57 Å².